The van der Waals surface area contributed by atoms with Crippen molar-refractivity contribution in [2.75, 3.05) is 19.8 Å². The van der Waals surface area contributed by atoms with Gasteiger partial charge in [0.25, 0.3) is 0 Å². The van der Waals surface area contributed by atoms with Gasteiger partial charge in [0.05, 0.1) is 23.7 Å². The first-order chi connectivity index (χ1) is 17.0. The van der Waals surface area contributed by atoms with Gasteiger partial charge in [0, 0.05) is 0 Å². The Labute approximate surface area is 207 Å². The van der Waals surface area contributed by atoms with Gasteiger partial charge in [-0.3, -0.25) is 14.4 Å². The van der Waals surface area contributed by atoms with Crippen molar-refractivity contribution in [2.45, 2.75) is 44.9 Å². The lowest BCUT2D eigenvalue weighted by Crippen LogP contribution is -2.32. The zero-order valence-electron chi connectivity index (χ0n) is 20.3. The van der Waals surface area contributed by atoms with Gasteiger partial charge >= 0.3 is 17.9 Å². The second kappa shape index (κ2) is 9.59. The Morgan fingerprint density at radius 2 is 1.09 bits per heavy atom. The molecule has 9 atom stereocenters. The van der Waals surface area contributed by atoms with E-state index in [4.69, 9.17) is 14.2 Å². The third-order valence-corrected chi connectivity index (χ3v) is 9.43. The summed E-state index contributed by atoms with van der Waals surface area (Å²) in [6.45, 7) is 0.311. The van der Waals surface area contributed by atoms with Gasteiger partial charge in [-0.15, -0.1) is 0 Å². The predicted molar refractivity (Wildman–Crippen MR) is 128 cm³/mol. The molecule has 0 radical (unpaired) electrons. The number of carbonyl (C=O) groups excluding carboxylic acids is 3. The van der Waals surface area contributed by atoms with Crippen molar-refractivity contribution in [3.8, 4) is 0 Å². The van der Waals surface area contributed by atoms with Gasteiger partial charge < -0.3 is 14.2 Å². The second-order valence-electron chi connectivity index (χ2n) is 11.8. The fraction of sp³-hybridized carbons (Fsp3) is 0.690. The van der Waals surface area contributed by atoms with Crippen molar-refractivity contribution in [3.05, 3.63) is 36.5 Å². The molecule has 6 nitrogen and oxygen atoms in total. The van der Waals surface area contributed by atoms with Crippen molar-refractivity contribution in [2.24, 2.45) is 59.2 Å². The highest BCUT2D eigenvalue weighted by atomic mass is 16.6. The summed E-state index contributed by atoms with van der Waals surface area (Å²) in [6.07, 6.45) is 19.7. The van der Waals surface area contributed by atoms with E-state index < -0.39 is 0 Å². The minimum atomic E-state index is -0.353. The van der Waals surface area contributed by atoms with Crippen LogP contribution in [0.15, 0.2) is 36.5 Å². The second-order valence-corrected chi connectivity index (χ2v) is 11.8. The Morgan fingerprint density at radius 3 is 1.54 bits per heavy atom. The summed E-state index contributed by atoms with van der Waals surface area (Å²) in [5, 5.41) is 0. The number of ether oxygens (including phenoxy) is 3. The molecule has 0 aromatic rings. The number of esters is 3. The molecule has 0 aromatic heterocycles. The molecule has 6 aliphatic rings. The molecule has 35 heavy (non-hydrogen) atoms. The van der Waals surface area contributed by atoms with Crippen molar-refractivity contribution in [1.82, 2.24) is 0 Å². The van der Waals surface area contributed by atoms with Crippen LogP contribution in [0.1, 0.15) is 44.9 Å². The molecule has 3 saturated carbocycles. The molecular formula is C29H36O6. The first-order valence-electron chi connectivity index (χ1n) is 13.6. The fourth-order valence-electron chi connectivity index (χ4n) is 7.49. The molecule has 3 fully saturated rings. The lowest BCUT2D eigenvalue weighted by molar-refractivity contribution is -0.159. The van der Waals surface area contributed by atoms with Gasteiger partial charge in [0.1, 0.15) is 19.8 Å². The Balaban J connectivity index is 1.03. The van der Waals surface area contributed by atoms with E-state index in [9.17, 15) is 14.4 Å². The van der Waals surface area contributed by atoms with E-state index in [1.54, 1.807) is 0 Å². The summed E-state index contributed by atoms with van der Waals surface area (Å²) >= 11 is 0. The molecule has 0 spiro atoms. The first kappa shape index (κ1) is 23.1. The molecule has 0 heterocycles. The molecule has 0 saturated heterocycles. The number of hydrogen-bond donors (Lipinski definition) is 0. The highest BCUT2D eigenvalue weighted by Gasteiger charge is 2.43. The van der Waals surface area contributed by atoms with Gasteiger partial charge in [0.2, 0.25) is 0 Å². The minimum absolute atomic E-state index is 0.0672. The number of hydrogen-bond acceptors (Lipinski definition) is 6. The Hall–Kier alpha value is -2.37. The van der Waals surface area contributed by atoms with Crippen LogP contribution in [0, 0.1) is 59.2 Å². The maximum Gasteiger partial charge on any atom is 0.309 e. The highest BCUT2D eigenvalue weighted by molar-refractivity contribution is 5.75. The van der Waals surface area contributed by atoms with Gasteiger partial charge in [0.15, 0.2) is 0 Å². The zero-order chi connectivity index (χ0) is 23.9. The van der Waals surface area contributed by atoms with Crippen LogP contribution in [-0.4, -0.2) is 37.7 Å². The van der Waals surface area contributed by atoms with Gasteiger partial charge in [-0.2, -0.15) is 0 Å². The normalized spacial score (nSPS) is 40.3. The SMILES string of the molecule is O=C(OCC(COC(=O)C1CC2C=CC1C2)COC(=O)C1CC2C=CCC1C2)C1CC2C=CC1C2. The van der Waals surface area contributed by atoms with Crippen LogP contribution in [0.4, 0.5) is 0 Å². The van der Waals surface area contributed by atoms with Crippen molar-refractivity contribution >= 4 is 17.9 Å². The molecule has 0 amide bonds. The van der Waals surface area contributed by atoms with E-state index in [1.165, 1.54) is 0 Å². The van der Waals surface area contributed by atoms with Crippen molar-refractivity contribution in [3.63, 3.8) is 0 Å². The average molecular weight is 481 g/mol. The number of fused-ring (bicyclic) bond motifs is 6. The van der Waals surface area contributed by atoms with Gasteiger partial charge in [-0.1, -0.05) is 36.5 Å². The van der Waals surface area contributed by atoms with Crippen LogP contribution >= 0.6 is 0 Å². The van der Waals surface area contributed by atoms with Crippen molar-refractivity contribution < 1.29 is 28.6 Å². The standard InChI is InChI=1S/C29H36O6/c30-27(24-11-17-2-1-3-21(24)8-17)33-14-20(15-34-28(31)25-12-18-4-6-22(25)9-18)16-35-29(32)26-13-19-5-7-23(26)10-19/h1-2,4-7,17-26H,3,8-16H2. The maximum atomic E-state index is 12.9. The van der Waals surface area contributed by atoms with E-state index in [0.717, 1.165) is 44.9 Å². The number of carbonyl (C=O) groups is 3. The van der Waals surface area contributed by atoms with Crippen LogP contribution in [0.3, 0.4) is 0 Å². The third kappa shape index (κ3) is 4.73. The van der Waals surface area contributed by atoms with E-state index in [0.29, 0.717) is 23.7 Å². The van der Waals surface area contributed by atoms with Gasteiger partial charge in [-0.05, 0) is 80.5 Å². The molecule has 9 unspecified atom stereocenters. The smallest absolute Gasteiger partial charge is 0.309 e. The predicted octanol–water partition coefficient (Wildman–Crippen LogP) is 4.26. The largest absolute Gasteiger partial charge is 0.465 e. The third-order valence-electron chi connectivity index (χ3n) is 9.43. The Bertz CT molecular complexity index is 899. The lowest BCUT2D eigenvalue weighted by Gasteiger charge is -2.23. The molecule has 6 rings (SSSR count). The fourth-order valence-corrected chi connectivity index (χ4v) is 7.49. The zero-order valence-corrected chi connectivity index (χ0v) is 20.3. The molecule has 0 aromatic carbocycles. The summed E-state index contributed by atoms with van der Waals surface area (Å²) in [5.41, 5.74) is 0. The van der Waals surface area contributed by atoms with Gasteiger partial charge in [-0.25, -0.2) is 0 Å². The quantitative estimate of drug-likeness (QED) is 0.279. The van der Waals surface area contributed by atoms with Crippen LogP contribution in [0.25, 0.3) is 0 Å². The van der Waals surface area contributed by atoms with E-state index in [-0.39, 0.29) is 73.2 Å². The Kier molecular flexibility index (Phi) is 6.32. The number of allylic oxidation sites excluding steroid dienone is 6. The summed E-state index contributed by atoms with van der Waals surface area (Å²) in [5.74, 6) is 1.28. The van der Waals surface area contributed by atoms with E-state index in [1.807, 2.05) is 0 Å². The maximum absolute atomic E-state index is 12.9. The lowest BCUT2D eigenvalue weighted by atomic mass is 9.91. The van der Waals surface area contributed by atoms with Crippen LogP contribution in [-0.2, 0) is 28.6 Å². The molecule has 6 bridgehead atoms. The summed E-state index contributed by atoms with van der Waals surface area (Å²) < 4.78 is 17.1. The van der Waals surface area contributed by atoms with Crippen LogP contribution in [0.5, 0.6) is 0 Å². The minimum Gasteiger partial charge on any atom is -0.465 e. The first-order valence-corrected chi connectivity index (χ1v) is 13.6. The molecule has 0 N–H and O–H groups in total. The summed E-state index contributed by atoms with van der Waals surface area (Å²) in [6, 6.07) is 0. The van der Waals surface area contributed by atoms with E-state index in [2.05, 4.69) is 36.5 Å². The van der Waals surface area contributed by atoms with Crippen molar-refractivity contribution in [1.29, 1.82) is 0 Å². The molecule has 0 aliphatic heterocycles. The van der Waals surface area contributed by atoms with E-state index >= 15 is 0 Å². The van der Waals surface area contributed by atoms with Crippen LogP contribution < -0.4 is 0 Å². The topological polar surface area (TPSA) is 78.9 Å². The highest BCUT2D eigenvalue weighted by Crippen LogP contribution is 2.45. The Morgan fingerprint density at radius 1 is 0.600 bits per heavy atom. The molecular weight excluding hydrogens is 444 g/mol. The number of rotatable bonds is 9. The van der Waals surface area contributed by atoms with Crippen LogP contribution in [0.2, 0.25) is 0 Å². The monoisotopic (exact) mass is 480 g/mol. The molecule has 6 heteroatoms. The summed E-state index contributed by atoms with van der Waals surface area (Å²) in [4.78, 5) is 38.4. The summed E-state index contributed by atoms with van der Waals surface area (Å²) in [7, 11) is 0. The molecule has 6 aliphatic carbocycles. The average Bonchev–Trinajstić information content (AvgIpc) is 3.70. The molecule has 188 valence electrons.